The summed E-state index contributed by atoms with van der Waals surface area (Å²) in [5.74, 6) is -2.14. The van der Waals surface area contributed by atoms with Crippen LogP contribution in [0.3, 0.4) is 0 Å². The van der Waals surface area contributed by atoms with Gasteiger partial charge in [-0.25, -0.2) is 28.2 Å². The van der Waals surface area contributed by atoms with E-state index in [2.05, 4.69) is 15.2 Å². The minimum absolute atomic E-state index is 0.00491. The Morgan fingerprint density at radius 2 is 1.33 bits per heavy atom. The Bertz CT molecular complexity index is 1730. The molecule has 4 aromatic carbocycles. The number of hydrogen-bond donors (Lipinski definition) is 2. The van der Waals surface area contributed by atoms with Gasteiger partial charge in [-0.15, -0.1) is 0 Å². The molecule has 0 fully saturated rings. The van der Waals surface area contributed by atoms with Crippen LogP contribution < -0.4 is 19.6 Å². The molecule has 0 atom stereocenters. The SMILES string of the molecule is O=C(CNS(=O)(=O)c1ccccc1)N/N=C\c1ccc(OC(=O)c2ccc(Cl)cc2)cc1OC(=O)c1ccc(Cl)cc1. The van der Waals surface area contributed by atoms with Crippen LogP contribution in [0.5, 0.6) is 11.5 Å². The van der Waals surface area contributed by atoms with Crippen LogP contribution in [0.2, 0.25) is 10.0 Å². The highest BCUT2D eigenvalue weighted by molar-refractivity contribution is 7.89. The zero-order valence-corrected chi connectivity index (χ0v) is 23.8. The van der Waals surface area contributed by atoms with Crippen LogP contribution in [0.25, 0.3) is 0 Å². The molecule has 4 aromatic rings. The zero-order valence-electron chi connectivity index (χ0n) is 21.5. The number of nitrogens with one attached hydrogen (secondary N) is 2. The molecule has 0 unspecified atom stereocenters. The van der Waals surface area contributed by atoms with Crippen molar-refractivity contribution >= 4 is 57.3 Å². The van der Waals surface area contributed by atoms with Crippen LogP contribution in [-0.4, -0.2) is 39.0 Å². The smallest absolute Gasteiger partial charge is 0.343 e. The van der Waals surface area contributed by atoms with E-state index < -0.39 is 34.4 Å². The number of hydrazone groups is 1. The largest absolute Gasteiger partial charge is 0.423 e. The van der Waals surface area contributed by atoms with E-state index in [-0.39, 0.29) is 33.1 Å². The Balaban J connectivity index is 1.48. The number of ether oxygens (including phenoxy) is 2. The molecule has 0 spiro atoms. The van der Waals surface area contributed by atoms with Gasteiger partial charge in [0.1, 0.15) is 11.5 Å². The summed E-state index contributed by atoms with van der Waals surface area (Å²) >= 11 is 11.8. The van der Waals surface area contributed by atoms with Crippen molar-refractivity contribution in [3.05, 3.63) is 124 Å². The molecule has 0 aliphatic rings. The molecule has 0 saturated heterocycles. The highest BCUT2D eigenvalue weighted by Gasteiger charge is 2.16. The average Bonchev–Trinajstić information content (AvgIpc) is 2.98. The number of benzene rings is 4. The highest BCUT2D eigenvalue weighted by atomic mass is 35.5. The molecule has 0 heterocycles. The fraction of sp³-hybridized carbons (Fsp3) is 0.0345. The van der Waals surface area contributed by atoms with Gasteiger partial charge in [0.25, 0.3) is 5.91 Å². The lowest BCUT2D eigenvalue weighted by Gasteiger charge is -2.11. The standard InChI is InChI=1S/C29H21Cl2N3O7S/c30-22-11-6-19(7-12-22)28(36)40-24-15-10-21(26(16-24)41-29(37)20-8-13-23(31)14-9-20)17-32-34-27(35)18-33-42(38,39)25-4-2-1-3-5-25/h1-17,33H,18H2,(H,34,35)/b32-17-. The summed E-state index contributed by atoms with van der Waals surface area (Å²) < 4.78 is 37.7. The fourth-order valence-corrected chi connectivity index (χ4v) is 4.58. The molecule has 0 saturated carbocycles. The monoisotopic (exact) mass is 625 g/mol. The Morgan fingerprint density at radius 3 is 1.93 bits per heavy atom. The Hall–Kier alpha value is -4.55. The third-order valence-corrected chi connectivity index (χ3v) is 7.35. The molecule has 4 rings (SSSR count). The van der Waals surface area contributed by atoms with Crippen LogP contribution in [0.1, 0.15) is 26.3 Å². The molecule has 1 amide bonds. The molecule has 0 radical (unpaired) electrons. The first kappa shape index (κ1) is 30.4. The molecular formula is C29H21Cl2N3O7S. The van der Waals surface area contributed by atoms with Crippen LogP contribution in [0.4, 0.5) is 0 Å². The van der Waals surface area contributed by atoms with Gasteiger partial charge in [0.15, 0.2) is 0 Å². The van der Waals surface area contributed by atoms with Crippen molar-refractivity contribution in [3.63, 3.8) is 0 Å². The van der Waals surface area contributed by atoms with E-state index in [9.17, 15) is 22.8 Å². The summed E-state index contributed by atoms with van der Waals surface area (Å²) in [5.41, 5.74) is 2.87. The summed E-state index contributed by atoms with van der Waals surface area (Å²) in [7, 11) is -3.90. The van der Waals surface area contributed by atoms with E-state index in [1.165, 1.54) is 85.1 Å². The number of esters is 2. The summed E-state index contributed by atoms with van der Waals surface area (Å²) in [5, 5.41) is 4.70. The molecule has 42 heavy (non-hydrogen) atoms. The van der Waals surface area contributed by atoms with Gasteiger partial charge in [-0.3, -0.25) is 4.79 Å². The third-order valence-electron chi connectivity index (χ3n) is 5.43. The van der Waals surface area contributed by atoms with E-state index in [1.807, 2.05) is 0 Å². The average molecular weight is 626 g/mol. The quantitative estimate of drug-likeness (QED) is 0.111. The van der Waals surface area contributed by atoms with Gasteiger partial charge >= 0.3 is 11.9 Å². The summed E-state index contributed by atoms with van der Waals surface area (Å²) in [6, 6.07) is 23.8. The van der Waals surface area contributed by atoms with Crippen molar-refractivity contribution < 1.29 is 32.3 Å². The maximum atomic E-state index is 12.8. The number of carbonyl (C=O) groups is 3. The van der Waals surface area contributed by atoms with Crippen molar-refractivity contribution in [2.75, 3.05) is 6.54 Å². The van der Waals surface area contributed by atoms with Gasteiger partial charge in [-0.2, -0.15) is 5.10 Å². The number of hydrogen-bond acceptors (Lipinski definition) is 8. The normalized spacial score (nSPS) is 11.2. The second-order valence-corrected chi connectivity index (χ2v) is 11.1. The van der Waals surface area contributed by atoms with Crippen molar-refractivity contribution in [3.8, 4) is 11.5 Å². The molecule has 2 N–H and O–H groups in total. The second kappa shape index (κ2) is 13.9. The number of nitrogens with zero attached hydrogens (tertiary/aromatic N) is 1. The van der Waals surface area contributed by atoms with Crippen LogP contribution in [0, 0.1) is 0 Å². The van der Waals surface area contributed by atoms with Crippen molar-refractivity contribution in [2.24, 2.45) is 5.10 Å². The summed E-state index contributed by atoms with van der Waals surface area (Å²) in [6.07, 6.45) is 1.18. The highest BCUT2D eigenvalue weighted by Crippen LogP contribution is 2.26. The molecular weight excluding hydrogens is 605 g/mol. The lowest BCUT2D eigenvalue weighted by Crippen LogP contribution is -2.34. The topological polar surface area (TPSA) is 140 Å². The maximum Gasteiger partial charge on any atom is 0.343 e. The molecule has 0 bridgehead atoms. The number of halogens is 2. The molecule has 10 nitrogen and oxygen atoms in total. The molecule has 13 heteroatoms. The second-order valence-electron chi connectivity index (χ2n) is 8.42. The molecule has 0 aliphatic heterocycles. The van der Waals surface area contributed by atoms with Gasteiger partial charge in [0.05, 0.1) is 28.8 Å². The van der Waals surface area contributed by atoms with E-state index in [0.717, 1.165) is 0 Å². The predicted octanol–water partition coefficient (Wildman–Crippen LogP) is 4.86. The molecule has 0 aliphatic carbocycles. The fourth-order valence-electron chi connectivity index (χ4n) is 3.33. The van der Waals surface area contributed by atoms with Gasteiger partial charge in [0, 0.05) is 21.7 Å². The maximum absolute atomic E-state index is 12.8. The van der Waals surface area contributed by atoms with E-state index in [0.29, 0.717) is 10.0 Å². The zero-order chi connectivity index (χ0) is 30.1. The minimum atomic E-state index is -3.90. The summed E-state index contributed by atoms with van der Waals surface area (Å²) in [6.45, 7) is -0.577. The van der Waals surface area contributed by atoms with Crippen LogP contribution >= 0.6 is 23.2 Å². The number of amides is 1. The Labute approximate surface area is 250 Å². The predicted molar refractivity (Wildman–Crippen MR) is 157 cm³/mol. The van der Waals surface area contributed by atoms with E-state index >= 15 is 0 Å². The van der Waals surface area contributed by atoms with Gasteiger partial charge in [-0.1, -0.05) is 41.4 Å². The Morgan fingerprint density at radius 1 is 0.762 bits per heavy atom. The molecule has 214 valence electrons. The third kappa shape index (κ3) is 8.48. The van der Waals surface area contributed by atoms with Gasteiger partial charge in [0.2, 0.25) is 10.0 Å². The summed E-state index contributed by atoms with van der Waals surface area (Å²) in [4.78, 5) is 37.5. The first-order valence-corrected chi connectivity index (χ1v) is 14.3. The lowest BCUT2D eigenvalue weighted by molar-refractivity contribution is -0.119. The molecule has 0 aromatic heterocycles. The van der Waals surface area contributed by atoms with Crippen molar-refractivity contribution in [2.45, 2.75) is 4.90 Å². The Kier molecular flexibility index (Phi) is 10.0. The van der Waals surface area contributed by atoms with E-state index in [1.54, 1.807) is 18.2 Å². The van der Waals surface area contributed by atoms with Crippen LogP contribution in [-0.2, 0) is 14.8 Å². The van der Waals surface area contributed by atoms with Gasteiger partial charge in [-0.05, 0) is 72.8 Å². The first-order chi connectivity index (χ1) is 20.1. The van der Waals surface area contributed by atoms with E-state index in [4.69, 9.17) is 32.7 Å². The van der Waals surface area contributed by atoms with Crippen LogP contribution in [0.15, 0.2) is 107 Å². The lowest BCUT2D eigenvalue weighted by atomic mass is 10.2. The van der Waals surface area contributed by atoms with Gasteiger partial charge < -0.3 is 9.47 Å². The number of rotatable bonds is 10. The number of sulfonamides is 1. The number of carbonyl (C=O) groups excluding carboxylic acids is 3. The minimum Gasteiger partial charge on any atom is -0.423 e. The van der Waals surface area contributed by atoms with Crippen molar-refractivity contribution in [1.29, 1.82) is 0 Å². The first-order valence-electron chi connectivity index (χ1n) is 12.1. The van der Waals surface area contributed by atoms with Crippen molar-refractivity contribution in [1.82, 2.24) is 10.1 Å².